The van der Waals surface area contributed by atoms with Crippen LogP contribution in [-0.2, 0) is 11.3 Å². The zero-order valence-corrected chi connectivity index (χ0v) is 10.8. The monoisotopic (exact) mass is 239 g/mol. The Balaban J connectivity index is 2.54. The number of aromatic nitrogens is 2. The highest BCUT2D eigenvalue weighted by Crippen LogP contribution is 2.04. The molecule has 1 rings (SSSR count). The molecule has 0 saturated carbocycles. The van der Waals surface area contributed by atoms with Gasteiger partial charge in [0.2, 0.25) is 0 Å². The first-order valence-electron chi connectivity index (χ1n) is 5.98. The van der Waals surface area contributed by atoms with E-state index in [1.807, 2.05) is 22.6 Å². The number of aliphatic carboxylic acids is 1. The molecule has 0 aliphatic heterocycles. The summed E-state index contributed by atoms with van der Waals surface area (Å²) in [4.78, 5) is 16.9. The van der Waals surface area contributed by atoms with E-state index in [1.165, 1.54) is 0 Å². The van der Waals surface area contributed by atoms with E-state index in [1.54, 1.807) is 6.20 Å². The lowest BCUT2D eigenvalue weighted by molar-refractivity contribution is -0.138. The van der Waals surface area contributed by atoms with Crippen LogP contribution < -0.4 is 0 Å². The first kappa shape index (κ1) is 13.7. The Bertz CT molecular complexity index is 362. The van der Waals surface area contributed by atoms with Gasteiger partial charge in [0.1, 0.15) is 5.82 Å². The van der Waals surface area contributed by atoms with Crippen LogP contribution in [0.4, 0.5) is 0 Å². The number of rotatable bonds is 7. The molecule has 17 heavy (non-hydrogen) atoms. The maximum Gasteiger partial charge on any atom is 0.317 e. The molecule has 1 heterocycles. The largest absolute Gasteiger partial charge is 0.480 e. The van der Waals surface area contributed by atoms with Gasteiger partial charge in [-0.2, -0.15) is 0 Å². The number of hydrogen-bond acceptors (Lipinski definition) is 3. The van der Waals surface area contributed by atoms with Gasteiger partial charge in [0, 0.05) is 31.5 Å². The predicted molar refractivity (Wildman–Crippen MR) is 65.9 cm³/mol. The molecule has 1 aromatic heterocycles. The lowest BCUT2D eigenvalue weighted by Gasteiger charge is -2.26. The molecule has 5 nitrogen and oxygen atoms in total. The van der Waals surface area contributed by atoms with Crippen LogP contribution in [0.3, 0.4) is 0 Å². The van der Waals surface area contributed by atoms with E-state index < -0.39 is 5.97 Å². The molecule has 0 bridgehead atoms. The van der Waals surface area contributed by atoms with Crippen LogP contribution in [0.5, 0.6) is 0 Å². The van der Waals surface area contributed by atoms with E-state index in [-0.39, 0.29) is 12.6 Å². The Morgan fingerprint density at radius 3 is 2.82 bits per heavy atom. The molecule has 1 N–H and O–H groups in total. The lowest BCUT2D eigenvalue weighted by Crippen LogP contribution is -2.39. The fraction of sp³-hybridized carbons (Fsp3) is 0.667. The highest BCUT2D eigenvalue weighted by atomic mass is 16.4. The first-order chi connectivity index (χ1) is 8.04. The second-order valence-corrected chi connectivity index (χ2v) is 4.29. The maximum absolute atomic E-state index is 10.8. The average molecular weight is 239 g/mol. The summed E-state index contributed by atoms with van der Waals surface area (Å²) < 4.78 is 2.04. The van der Waals surface area contributed by atoms with Crippen molar-refractivity contribution in [3.63, 3.8) is 0 Å². The second-order valence-electron chi connectivity index (χ2n) is 4.29. The molecule has 0 aliphatic carbocycles. The average Bonchev–Trinajstić information content (AvgIpc) is 2.68. The van der Waals surface area contributed by atoms with Gasteiger partial charge in [0.25, 0.3) is 0 Å². The Hall–Kier alpha value is -1.36. The molecule has 0 aromatic carbocycles. The molecule has 0 amide bonds. The molecule has 1 aromatic rings. The van der Waals surface area contributed by atoms with Crippen molar-refractivity contribution >= 4 is 5.97 Å². The van der Waals surface area contributed by atoms with Crippen molar-refractivity contribution in [3.05, 3.63) is 18.2 Å². The predicted octanol–water partition coefficient (Wildman–Crippen LogP) is 1.38. The normalized spacial score (nSPS) is 12.9. The third kappa shape index (κ3) is 4.19. The van der Waals surface area contributed by atoms with Crippen molar-refractivity contribution < 1.29 is 9.90 Å². The highest BCUT2D eigenvalue weighted by Gasteiger charge is 2.15. The van der Waals surface area contributed by atoms with Crippen molar-refractivity contribution in [2.75, 3.05) is 13.1 Å². The van der Waals surface area contributed by atoms with Crippen molar-refractivity contribution in [2.24, 2.45) is 0 Å². The standard InChI is InChI=1S/C12H21N3O2/c1-4-10(2)15(9-12(16)17)8-7-14-6-5-13-11(14)3/h5-6,10H,4,7-9H2,1-3H3,(H,16,17). The summed E-state index contributed by atoms with van der Waals surface area (Å²) in [5, 5.41) is 8.88. The minimum Gasteiger partial charge on any atom is -0.480 e. The summed E-state index contributed by atoms with van der Waals surface area (Å²) in [6, 6.07) is 0.287. The van der Waals surface area contributed by atoms with Crippen LogP contribution in [0.2, 0.25) is 0 Å². The highest BCUT2D eigenvalue weighted by molar-refractivity contribution is 5.69. The molecule has 0 spiro atoms. The van der Waals surface area contributed by atoms with Gasteiger partial charge >= 0.3 is 5.97 Å². The molecular formula is C12H21N3O2. The van der Waals surface area contributed by atoms with E-state index in [9.17, 15) is 4.79 Å². The molecule has 0 radical (unpaired) electrons. The Labute approximate surface area is 102 Å². The van der Waals surface area contributed by atoms with E-state index in [0.29, 0.717) is 0 Å². The fourth-order valence-electron chi connectivity index (χ4n) is 1.76. The molecule has 0 aliphatic rings. The van der Waals surface area contributed by atoms with E-state index in [0.717, 1.165) is 25.3 Å². The van der Waals surface area contributed by atoms with Crippen LogP contribution in [-0.4, -0.2) is 44.7 Å². The molecule has 1 atom stereocenters. The Kier molecular flexibility index (Phi) is 5.15. The van der Waals surface area contributed by atoms with Gasteiger partial charge < -0.3 is 9.67 Å². The summed E-state index contributed by atoms with van der Waals surface area (Å²) in [5.74, 6) is 0.192. The number of carboxylic acids is 1. The molecule has 96 valence electrons. The summed E-state index contributed by atoms with van der Waals surface area (Å²) in [7, 11) is 0. The number of imidazole rings is 1. The van der Waals surface area contributed by atoms with Gasteiger partial charge in [-0.1, -0.05) is 6.92 Å². The fourth-order valence-corrected chi connectivity index (χ4v) is 1.76. The Morgan fingerprint density at radius 1 is 1.65 bits per heavy atom. The third-order valence-corrected chi connectivity index (χ3v) is 3.10. The van der Waals surface area contributed by atoms with E-state index in [2.05, 4.69) is 18.8 Å². The van der Waals surface area contributed by atoms with Gasteiger partial charge in [-0.25, -0.2) is 4.98 Å². The maximum atomic E-state index is 10.8. The van der Waals surface area contributed by atoms with Crippen LogP contribution in [0.25, 0.3) is 0 Å². The number of aryl methyl sites for hydroxylation is 1. The van der Waals surface area contributed by atoms with Crippen molar-refractivity contribution in [1.29, 1.82) is 0 Å². The summed E-state index contributed by atoms with van der Waals surface area (Å²) in [6.45, 7) is 7.70. The molecule has 0 saturated heterocycles. The van der Waals surface area contributed by atoms with Crippen molar-refractivity contribution in [1.82, 2.24) is 14.5 Å². The quantitative estimate of drug-likeness (QED) is 0.781. The van der Waals surface area contributed by atoms with E-state index in [4.69, 9.17) is 5.11 Å². The third-order valence-electron chi connectivity index (χ3n) is 3.10. The molecule has 5 heteroatoms. The summed E-state index contributed by atoms with van der Waals surface area (Å²) in [5.41, 5.74) is 0. The summed E-state index contributed by atoms with van der Waals surface area (Å²) in [6.07, 6.45) is 4.64. The van der Waals surface area contributed by atoms with Crippen molar-refractivity contribution in [2.45, 2.75) is 39.8 Å². The second kappa shape index (κ2) is 6.39. The van der Waals surface area contributed by atoms with Gasteiger partial charge in [-0.3, -0.25) is 9.69 Å². The van der Waals surface area contributed by atoms with Gasteiger partial charge in [-0.15, -0.1) is 0 Å². The number of carbonyl (C=O) groups is 1. The van der Waals surface area contributed by atoms with Crippen LogP contribution >= 0.6 is 0 Å². The SMILES string of the molecule is CCC(C)N(CCn1ccnc1C)CC(=O)O. The lowest BCUT2D eigenvalue weighted by atomic mass is 10.2. The zero-order chi connectivity index (χ0) is 12.8. The van der Waals surface area contributed by atoms with Crippen molar-refractivity contribution in [3.8, 4) is 0 Å². The molecule has 0 fully saturated rings. The molecule has 1 unspecified atom stereocenters. The van der Waals surface area contributed by atoms with Crippen LogP contribution in [0.1, 0.15) is 26.1 Å². The zero-order valence-electron chi connectivity index (χ0n) is 10.8. The van der Waals surface area contributed by atoms with Gasteiger partial charge in [0.05, 0.1) is 6.54 Å². The first-order valence-corrected chi connectivity index (χ1v) is 5.98. The topological polar surface area (TPSA) is 58.4 Å². The number of hydrogen-bond donors (Lipinski definition) is 1. The van der Waals surface area contributed by atoms with Crippen LogP contribution in [0, 0.1) is 6.92 Å². The van der Waals surface area contributed by atoms with Gasteiger partial charge in [-0.05, 0) is 20.3 Å². The van der Waals surface area contributed by atoms with Gasteiger partial charge in [0.15, 0.2) is 0 Å². The number of nitrogens with zero attached hydrogens (tertiary/aromatic N) is 3. The van der Waals surface area contributed by atoms with Crippen LogP contribution in [0.15, 0.2) is 12.4 Å². The summed E-state index contributed by atoms with van der Waals surface area (Å²) >= 11 is 0. The minimum atomic E-state index is -0.771. The molecular weight excluding hydrogens is 218 g/mol. The minimum absolute atomic E-state index is 0.1000. The smallest absolute Gasteiger partial charge is 0.317 e. The Morgan fingerprint density at radius 2 is 2.35 bits per heavy atom. The number of carboxylic acid groups (broad SMARTS) is 1. The van der Waals surface area contributed by atoms with E-state index >= 15 is 0 Å².